The van der Waals surface area contributed by atoms with E-state index in [0.29, 0.717) is 24.4 Å². The number of carbonyl (C=O) groups excluding carboxylic acids is 1. The third kappa shape index (κ3) is 5.95. The van der Waals surface area contributed by atoms with E-state index in [9.17, 15) is 9.90 Å². The predicted molar refractivity (Wildman–Crippen MR) is 192 cm³/mol. The molecule has 1 amide bonds. The number of hydrogen-bond acceptors (Lipinski definition) is 6. The van der Waals surface area contributed by atoms with E-state index in [1.165, 1.54) is 10.8 Å². The van der Waals surface area contributed by atoms with Gasteiger partial charge in [0.25, 0.3) is 5.91 Å². The molecule has 0 spiro atoms. The van der Waals surface area contributed by atoms with E-state index in [-0.39, 0.29) is 24.7 Å². The number of aliphatic hydroxyl groups excluding tert-OH is 1. The Morgan fingerprint density at radius 1 is 0.938 bits per heavy atom. The van der Waals surface area contributed by atoms with Crippen LogP contribution in [0.2, 0.25) is 18.6 Å². The number of rotatable bonds is 12. The molecule has 0 saturated carbocycles. The Balaban J connectivity index is 1.10. The van der Waals surface area contributed by atoms with E-state index >= 15 is 0 Å². The second-order valence-corrected chi connectivity index (χ2v) is 18.5. The molecule has 1 aromatic heterocycles. The molecule has 5 aromatic rings. The summed E-state index contributed by atoms with van der Waals surface area (Å²) in [6.45, 7) is 8.10. The number of nitrogens with zero attached hydrogens (tertiary/aromatic N) is 4. The van der Waals surface area contributed by atoms with E-state index in [4.69, 9.17) is 9.47 Å². The summed E-state index contributed by atoms with van der Waals surface area (Å²) in [6.07, 6.45) is 5.25. The van der Waals surface area contributed by atoms with Crippen molar-refractivity contribution in [2.45, 2.75) is 70.0 Å². The van der Waals surface area contributed by atoms with Gasteiger partial charge in [-0.2, -0.15) is 0 Å². The van der Waals surface area contributed by atoms with Crippen LogP contribution in [-0.4, -0.2) is 60.0 Å². The fourth-order valence-electron chi connectivity index (χ4n) is 8.18. The molecule has 1 saturated heterocycles. The maximum absolute atomic E-state index is 13.6. The van der Waals surface area contributed by atoms with E-state index in [1.807, 2.05) is 46.1 Å². The minimum Gasteiger partial charge on any atom is -0.497 e. The van der Waals surface area contributed by atoms with E-state index in [1.54, 1.807) is 7.11 Å². The fourth-order valence-corrected chi connectivity index (χ4v) is 12.3. The topological polar surface area (TPSA) is 89.7 Å². The van der Waals surface area contributed by atoms with Crippen LogP contribution in [-0.2, 0) is 24.1 Å². The zero-order valence-electron chi connectivity index (χ0n) is 28.2. The summed E-state index contributed by atoms with van der Waals surface area (Å²) in [7, 11) is -0.288. The molecule has 7 rings (SSSR count). The summed E-state index contributed by atoms with van der Waals surface area (Å²) in [5, 5.41) is 21.4. The first-order valence-electron chi connectivity index (χ1n) is 17.0. The standard InChI is InChI=1S/C39H44N4O4Si/c1-26-35(19-14-27-8-5-11-30(24-27)43-34-13-7-10-28-9-6-12-33(37(28)34)39(43)45)47-36(20-22-42-25-29(21-23-44)40-41-42)38(26)48(3,4)32-17-15-31(46-2)16-18-32/h5-13,15-18,24-26,35-36,38,44H,14,19-23H2,1-4H3/t26-,35+,36-,38+/m1/s1. The van der Waals surface area contributed by atoms with Crippen molar-refractivity contribution in [3.8, 4) is 5.75 Å². The molecule has 4 aromatic carbocycles. The maximum atomic E-state index is 13.6. The normalized spacial score (nSPS) is 20.6. The van der Waals surface area contributed by atoms with Gasteiger partial charge in [-0.25, -0.2) is 0 Å². The van der Waals surface area contributed by atoms with Crippen LogP contribution in [0, 0.1) is 5.92 Å². The zero-order valence-corrected chi connectivity index (χ0v) is 29.2. The van der Waals surface area contributed by atoms with Gasteiger partial charge in [-0.3, -0.25) is 14.4 Å². The molecule has 0 aliphatic carbocycles. The first-order chi connectivity index (χ1) is 23.3. The first-order valence-corrected chi connectivity index (χ1v) is 20.1. The smallest absolute Gasteiger partial charge is 0.263 e. The highest BCUT2D eigenvalue weighted by atomic mass is 28.3. The van der Waals surface area contributed by atoms with Gasteiger partial charge in [-0.05, 0) is 78.1 Å². The van der Waals surface area contributed by atoms with Gasteiger partial charge in [0.2, 0.25) is 0 Å². The Labute approximate surface area is 283 Å². The predicted octanol–water partition coefficient (Wildman–Crippen LogP) is 6.68. The average Bonchev–Trinajstić information content (AvgIpc) is 3.77. The van der Waals surface area contributed by atoms with E-state index in [0.717, 1.165) is 58.4 Å². The van der Waals surface area contributed by atoms with Gasteiger partial charge in [0.15, 0.2) is 0 Å². The van der Waals surface area contributed by atoms with Crippen molar-refractivity contribution in [2.24, 2.45) is 5.92 Å². The van der Waals surface area contributed by atoms with Crippen molar-refractivity contribution in [2.75, 3.05) is 18.6 Å². The average molecular weight is 661 g/mol. The largest absolute Gasteiger partial charge is 0.497 e. The van der Waals surface area contributed by atoms with E-state index < -0.39 is 8.07 Å². The quantitative estimate of drug-likeness (QED) is 0.150. The summed E-state index contributed by atoms with van der Waals surface area (Å²) in [6, 6.07) is 29.2. The monoisotopic (exact) mass is 660 g/mol. The molecule has 2 aliphatic rings. The Morgan fingerprint density at radius 3 is 2.48 bits per heavy atom. The Morgan fingerprint density at radius 2 is 1.71 bits per heavy atom. The highest BCUT2D eigenvalue weighted by Gasteiger charge is 2.50. The Hall–Kier alpha value is -4.31. The van der Waals surface area contributed by atoms with Crippen LogP contribution in [0.4, 0.5) is 11.4 Å². The number of ether oxygens (including phenoxy) is 2. The molecule has 8 nitrogen and oxygen atoms in total. The summed E-state index contributed by atoms with van der Waals surface area (Å²) >= 11 is 0. The summed E-state index contributed by atoms with van der Waals surface area (Å²) < 4.78 is 14.4. The minimum absolute atomic E-state index is 0.0268. The molecule has 4 atom stereocenters. The number of amides is 1. The van der Waals surface area contributed by atoms with Gasteiger partial charge in [0, 0.05) is 36.8 Å². The number of hydrogen-bond donors (Lipinski definition) is 1. The second-order valence-electron chi connectivity index (χ2n) is 13.8. The lowest BCUT2D eigenvalue weighted by Gasteiger charge is -2.36. The first kappa shape index (κ1) is 32.2. The molecule has 1 N–H and O–H groups in total. The number of methoxy groups -OCH3 is 1. The van der Waals surface area contributed by atoms with Crippen molar-refractivity contribution < 1.29 is 19.4 Å². The zero-order chi connectivity index (χ0) is 33.4. The highest BCUT2D eigenvalue weighted by Crippen LogP contribution is 2.47. The van der Waals surface area contributed by atoms with Crippen LogP contribution in [0.5, 0.6) is 5.75 Å². The van der Waals surface area contributed by atoms with Crippen molar-refractivity contribution in [1.82, 2.24) is 15.0 Å². The highest BCUT2D eigenvalue weighted by molar-refractivity contribution is 6.91. The molecule has 0 bridgehead atoms. The van der Waals surface area contributed by atoms with Crippen LogP contribution < -0.4 is 14.8 Å². The number of aromatic nitrogens is 3. The van der Waals surface area contributed by atoms with Gasteiger partial charge in [-0.15, -0.1) is 5.10 Å². The lowest BCUT2D eigenvalue weighted by Crippen LogP contribution is -2.50. The van der Waals surface area contributed by atoms with Gasteiger partial charge < -0.3 is 14.6 Å². The van der Waals surface area contributed by atoms with Crippen LogP contribution in [0.1, 0.15) is 41.4 Å². The number of benzene rings is 4. The molecule has 3 heterocycles. The Bertz CT molecular complexity index is 1920. The molecule has 0 radical (unpaired) electrons. The van der Waals surface area contributed by atoms with Gasteiger partial charge in [-0.1, -0.05) is 78.9 Å². The van der Waals surface area contributed by atoms with E-state index in [2.05, 4.69) is 84.9 Å². The lowest BCUT2D eigenvalue weighted by molar-refractivity contribution is 0.0249. The molecule has 0 unspecified atom stereocenters. The number of aliphatic hydroxyl groups is 1. The van der Waals surface area contributed by atoms with Crippen molar-refractivity contribution in [3.63, 3.8) is 0 Å². The van der Waals surface area contributed by atoms with Gasteiger partial charge in [0.1, 0.15) is 5.75 Å². The molecule has 2 aliphatic heterocycles. The number of anilines is 2. The van der Waals surface area contributed by atoms with Crippen LogP contribution in [0.25, 0.3) is 10.8 Å². The van der Waals surface area contributed by atoms with Gasteiger partial charge in [0.05, 0.1) is 44.3 Å². The number of carbonyl (C=O) groups is 1. The van der Waals surface area contributed by atoms with Crippen LogP contribution >= 0.6 is 0 Å². The summed E-state index contributed by atoms with van der Waals surface area (Å²) in [4.78, 5) is 15.5. The third-order valence-electron chi connectivity index (χ3n) is 10.6. The minimum atomic E-state index is -2.00. The second kappa shape index (κ2) is 13.3. The molecule has 48 heavy (non-hydrogen) atoms. The Kier molecular flexibility index (Phi) is 8.93. The summed E-state index contributed by atoms with van der Waals surface area (Å²) in [5.41, 5.74) is 5.02. The third-order valence-corrected chi connectivity index (χ3v) is 15.0. The SMILES string of the molecule is COc1ccc([Si](C)(C)[C@H]2[C@H](C)[C@H](CCc3cccc(N4C(=O)c5cccc6cccc4c56)c3)O[C@@H]2CCn2cc(CCO)nn2)cc1. The maximum Gasteiger partial charge on any atom is 0.263 e. The van der Waals surface area contributed by atoms with Crippen molar-refractivity contribution in [3.05, 3.63) is 108 Å². The molecule has 9 heteroatoms. The molecule has 1 fully saturated rings. The number of aryl methyl sites for hydroxylation is 2. The van der Waals surface area contributed by atoms with Crippen LogP contribution in [0.15, 0.2) is 91.1 Å². The molecule has 248 valence electrons. The van der Waals surface area contributed by atoms with Gasteiger partial charge >= 0.3 is 0 Å². The van der Waals surface area contributed by atoms with Crippen molar-refractivity contribution >= 4 is 41.3 Å². The summed E-state index contributed by atoms with van der Waals surface area (Å²) in [5.74, 6) is 1.27. The fraction of sp³-hybridized carbons (Fsp3) is 0.359. The van der Waals surface area contributed by atoms with Crippen molar-refractivity contribution in [1.29, 1.82) is 0 Å². The van der Waals surface area contributed by atoms with Crippen LogP contribution in [0.3, 0.4) is 0 Å². The lowest BCUT2D eigenvalue weighted by atomic mass is 9.95. The molecular formula is C39H44N4O4Si. The molecular weight excluding hydrogens is 617 g/mol.